The molecule has 2 aromatic rings. The average molecular weight is 258 g/mol. The Labute approximate surface area is 113 Å². The molecule has 0 radical (unpaired) electrons. The van der Waals surface area contributed by atoms with E-state index in [2.05, 4.69) is 50.2 Å². The highest BCUT2D eigenvalue weighted by atomic mass is 32.2. The van der Waals surface area contributed by atoms with E-state index >= 15 is 0 Å². The predicted molar refractivity (Wildman–Crippen MR) is 79.4 cm³/mol. The molecule has 2 heteroatoms. The first-order valence-corrected chi connectivity index (χ1v) is 7.39. The number of carbonyl (C=O) groups is 1. The zero-order valence-electron chi connectivity index (χ0n) is 10.8. The van der Waals surface area contributed by atoms with Crippen LogP contribution >= 0.6 is 11.8 Å². The Kier molecular flexibility index (Phi) is 4.43. The number of benzene rings is 2. The maximum atomic E-state index is 11.1. The van der Waals surface area contributed by atoms with Gasteiger partial charge in [-0.15, -0.1) is 11.8 Å². The van der Waals surface area contributed by atoms with Crippen LogP contribution in [-0.2, 0) is 4.79 Å². The van der Waals surface area contributed by atoms with Crippen LogP contribution in [0.3, 0.4) is 0 Å². The van der Waals surface area contributed by atoms with Crippen LogP contribution in [0.1, 0.15) is 31.7 Å². The van der Waals surface area contributed by atoms with Crippen LogP contribution < -0.4 is 0 Å². The summed E-state index contributed by atoms with van der Waals surface area (Å²) in [6.07, 6.45) is 1.91. The van der Waals surface area contributed by atoms with Crippen LogP contribution in [0.5, 0.6) is 0 Å². The topological polar surface area (TPSA) is 17.1 Å². The van der Waals surface area contributed by atoms with E-state index in [0.717, 1.165) is 24.0 Å². The Balaban J connectivity index is 2.54. The number of hydrogen-bond donors (Lipinski definition) is 0. The van der Waals surface area contributed by atoms with Gasteiger partial charge < -0.3 is 4.79 Å². The molecular weight excluding hydrogens is 240 g/mol. The average Bonchev–Trinajstić information content (AvgIpc) is 2.41. The summed E-state index contributed by atoms with van der Waals surface area (Å²) in [5, 5.41) is 2.51. The van der Waals surface area contributed by atoms with Crippen molar-refractivity contribution in [2.24, 2.45) is 0 Å². The molecule has 0 aliphatic heterocycles. The van der Waals surface area contributed by atoms with Crippen LogP contribution in [-0.4, -0.2) is 12.0 Å². The van der Waals surface area contributed by atoms with Gasteiger partial charge in [0, 0.05) is 10.8 Å². The van der Waals surface area contributed by atoms with Crippen LogP contribution in [0.15, 0.2) is 41.3 Å². The summed E-state index contributed by atoms with van der Waals surface area (Å²) in [7, 11) is 0. The van der Waals surface area contributed by atoms with Crippen LogP contribution in [0, 0.1) is 0 Å². The molecule has 0 saturated carbocycles. The molecular formula is C16H18OS. The van der Waals surface area contributed by atoms with Crippen LogP contribution in [0.25, 0.3) is 10.8 Å². The molecule has 0 bridgehead atoms. The predicted octanol–water partition coefficient (Wildman–Crippen LogP) is 4.64. The fraction of sp³-hybridized carbons (Fsp3) is 0.312. The molecule has 0 N–H and O–H groups in total. The lowest BCUT2D eigenvalue weighted by Gasteiger charge is -2.11. The minimum Gasteiger partial charge on any atom is -0.303 e. The van der Waals surface area contributed by atoms with E-state index in [1.165, 1.54) is 15.7 Å². The number of aldehydes is 1. The standard InChI is InChI=1S/C16H18OS/c1-3-12(11-17)14-9-8-13-6-5-7-16(18-4-2)15(13)10-14/h5-12H,3-4H2,1-2H3. The van der Waals surface area contributed by atoms with Gasteiger partial charge in [0.05, 0.1) is 0 Å². The van der Waals surface area contributed by atoms with E-state index in [0.29, 0.717) is 0 Å². The van der Waals surface area contributed by atoms with E-state index in [4.69, 9.17) is 0 Å². The second-order valence-corrected chi connectivity index (χ2v) is 5.63. The maximum Gasteiger partial charge on any atom is 0.127 e. The van der Waals surface area contributed by atoms with E-state index in [9.17, 15) is 4.79 Å². The van der Waals surface area contributed by atoms with Crippen molar-refractivity contribution in [1.29, 1.82) is 0 Å². The van der Waals surface area contributed by atoms with E-state index in [1.54, 1.807) is 0 Å². The van der Waals surface area contributed by atoms with Crippen LogP contribution in [0.4, 0.5) is 0 Å². The minimum absolute atomic E-state index is 0.0223. The zero-order valence-corrected chi connectivity index (χ0v) is 11.7. The first-order chi connectivity index (χ1) is 8.80. The molecule has 18 heavy (non-hydrogen) atoms. The number of thioether (sulfide) groups is 1. The lowest BCUT2D eigenvalue weighted by atomic mass is 9.95. The van der Waals surface area contributed by atoms with Crippen molar-refractivity contribution in [3.63, 3.8) is 0 Å². The molecule has 94 valence electrons. The summed E-state index contributed by atoms with van der Waals surface area (Å²) in [5.41, 5.74) is 1.13. The zero-order chi connectivity index (χ0) is 13.0. The lowest BCUT2D eigenvalue weighted by Crippen LogP contribution is -1.98. The highest BCUT2D eigenvalue weighted by Gasteiger charge is 2.09. The Morgan fingerprint density at radius 2 is 2.06 bits per heavy atom. The molecule has 0 amide bonds. The molecule has 0 aliphatic rings. The maximum absolute atomic E-state index is 11.1. The fourth-order valence-corrected chi connectivity index (χ4v) is 3.00. The van der Waals surface area contributed by atoms with Crippen molar-refractivity contribution in [3.8, 4) is 0 Å². The Morgan fingerprint density at radius 1 is 1.22 bits per heavy atom. The second kappa shape index (κ2) is 6.05. The van der Waals surface area contributed by atoms with Crippen molar-refractivity contribution >= 4 is 28.8 Å². The third-order valence-electron chi connectivity index (χ3n) is 3.20. The highest BCUT2D eigenvalue weighted by molar-refractivity contribution is 7.99. The SMILES string of the molecule is CCSc1cccc2ccc(C(C=O)CC)cc12. The highest BCUT2D eigenvalue weighted by Crippen LogP contribution is 2.30. The van der Waals surface area contributed by atoms with E-state index in [-0.39, 0.29) is 5.92 Å². The fourth-order valence-electron chi connectivity index (χ4n) is 2.18. The van der Waals surface area contributed by atoms with Crippen molar-refractivity contribution in [1.82, 2.24) is 0 Å². The van der Waals surface area contributed by atoms with E-state index < -0.39 is 0 Å². The molecule has 0 fully saturated rings. The van der Waals surface area contributed by atoms with Gasteiger partial charge in [0.2, 0.25) is 0 Å². The molecule has 2 aromatic carbocycles. The van der Waals surface area contributed by atoms with Gasteiger partial charge in [0.25, 0.3) is 0 Å². The van der Waals surface area contributed by atoms with Gasteiger partial charge >= 0.3 is 0 Å². The summed E-state index contributed by atoms with van der Waals surface area (Å²) in [6, 6.07) is 12.7. The van der Waals surface area contributed by atoms with Gasteiger partial charge in [0.1, 0.15) is 6.29 Å². The molecule has 1 unspecified atom stereocenters. The first kappa shape index (κ1) is 13.2. The molecule has 0 heterocycles. The third-order valence-corrected chi connectivity index (χ3v) is 4.15. The second-order valence-electron chi connectivity index (χ2n) is 4.32. The van der Waals surface area contributed by atoms with Crippen molar-refractivity contribution in [2.75, 3.05) is 5.75 Å². The number of hydrogen-bond acceptors (Lipinski definition) is 2. The number of carbonyl (C=O) groups excluding carboxylic acids is 1. The minimum atomic E-state index is 0.0223. The van der Waals surface area contributed by atoms with Crippen molar-refractivity contribution in [3.05, 3.63) is 42.0 Å². The number of fused-ring (bicyclic) bond motifs is 1. The van der Waals surface area contributed by atoms with Gasteiger partial charge in [-0.25, -0.2) is 0 Å². The van der Waals surface area contributed by atoms with Gasteiger partial charge in [-0.2, -0.15) is 0 Å². The quantitative estimate of drug-likeness (QED) is 0.574. The lowest BCUT2D eigenvalue weighted by molar-refractivity contribution is -0.109. The molecule has 1 nitrogen and oxygen atoms in total. The summed E-state index contributed by atoms with van der Waals surface area (Å²) in [5.74, 6) is 1.09. The molecule has 0 saturated heterocycles. The van der Waals surface area contributed by atoms with Gasteiger partial charge in [-0.3, -0.25) is 0 Å². The van der Waals surface area contributed by atoms with E-state index in [1.807, 2.05) is 11.8 Å². The van der Waals surface area contributed by atoms with Crippen LogP contribution in [0.2, 0.25) is 0 Å². The van der Waals surface area contributed by atoms with Crippen molar-refractivity contribution < 1.29 is 4.79 Å². The summed E-state index contributed by atoms with van der Waals surface area (Å²) < 4.78 is 0. The van der Waals surface area contributed by atoms with Gasteiger partial charge in [-0.1, -0.05) is 38.1 Å². The third kappa shape index (κ3) is 2.59. The van der Waals surface area contributed by atoms with Gasteiger partial charge in [0.15, 0.2) is 0 Å². The Bertz CT molecular complexity index is 548. The van der Waals surface area contributed by atoms with Gasteiger partial charge in [-0.05, 0) is 40.6 Å². The summed E-state index contributed by atoms with van der Waals surface area (Å²) in [6.45, 7) is 4.21. The molecule has 0 spiro atoms. The largest absolute Gasteiger partial charge is 0.303 e. The Morgan fingerprint density at radius 3 is 2.72 bits per heavy atom. The first-order valence-electron chi connectivity index (χ1n) is 6.41. The summed E-state index contributed by atoms with van der Waals surface area (Å²) >= 11 is 1.85. The Hall–Kier alpha value is -1.28. The molecule has 2 rings (SSSR count). The molecule has 0 aromatic heterocycles. The number of rotatable bonds is 5. The smallest absolute Gasteiger partial charge is 0.127 e. The monoisotopic (exact) mass is 258 g/mol. The molecule has 0 aliphatic carbocycles. The molecule has 1 atom stereocenters. The normalized spacial score (nSPS) is 12.6. The van der Waals surface area contributed by atoms with Crippen molar-refractivity contribution in [2.45, 2.75) is 31.1 Å². The summed E-state index contributed by atoms with van der Waals surface area (Å²) in [4.78, 5) is 12.4.